The van der Waals surface area contributed by atoms with Gasteiger partial charge >= 0.3 is 0 Å². The first-order valence-corrected chi connectivity index (χ1v) is 5.62. The van der Waals surface area contributed by atoms with Crippen molar-refractivity contribution in [2.75, 3.05) is 25.5 Å². The van der Waals surface area contributed by atoms with Crippen molar-refractivity contribution in [3.63, 3.8) is 0 Å². The molecule has 0 saturated carbocycles. The molecule has 0 saturated heterocycles. The lowest BCUT2D eigenvalue weighted by atomic mass is 10.1. The summed E-state index contributed by atoms with van der Waals surface area (Å²) >= 11 is 0. The summed E-state index contributed by atoms with van der Waals surface area (Å²) in [5.74, 6) is 0.154. The first-order chi connectivity index (χ1) is 8.43. The van der Waals surface area contributed by atoms with Crippen molar-refractivity contribution in [2.45, 2.75) is 13.8 Å². The molecule has 1 unspecified atom stereocenters. The van der Waals surface area contributed by atoms with Gasteiger partial charge in [0.25, 0.3) is 0 Å². The third kappa shape index (κ3) is 3.85. The van der Waals surface area contributed by atoms with Crippen LogP contribution >= 0.6 is 0 Å². The largest absolute Gasteiger partial charge is 0.360 e. The van der Waals surface area contributed by atoms with Crippen LogP contribution in [0.5, 0.6) is 0 Å². The summed E-state index contributed by atoms with van der Waals surface area (Å²) in [4.78, 5) is 24.7. The Morgan fingerprint density at radius 3 is 2.78 bits per heavy atom. The predicted octanol–water partition coefficient (Wildman–Crippen LogP) is -0.0253. The van der Waals surface area contributed by atoms with Gasteiger partial charge < -0.3 is 20.5 Å². The zero-order valence-electron chi connectivity index (χ0n) is 10.8. The fourth-order valence-electron chi connectivity index (χ4n) is 1.38. The number of carbonyl (C=O) groups is 2. The number of amides is 2. The Morgan fingerprint density at radius 1 is 1.61 bits per heavy atom. The number of likely N-dealkylation sites (N-methyl/N-ethyl adjacent to an activating group) is 1. The lowest BCUT2D eigenvalue weighted by molar-refractivity contribution is -0.136. The second-order valence-electron chi connectivity index (χ2n) is 4.20. The van der Waals surface area contributed by atoms with Gasteiger partial charge in [-0.25, -0.2) is 0 Å². The number of nitrogens with two attached hydrogens (primary N) is 1. The maximum absolute atomic E-state index is 11.7. The van der Waals surface area contributed by atoms with E-state index in [-0.39, 0.29) is 30.8 Å². The Balaban J connectivity index is 2.47. The zero-order chi connectivity index (χ0) is 13.7. The van der Waals surface area contributed by atoms with E-state index in [1.807, 2.05) is 0 Å². The lowest BCUT2D eigenvalue weighted by Crippen LogP contribution is -2.39. The summed E-state index contributed by atoms with van der Waals surface area (Å²) in [6.45, 7) is 3.65. The molecule has 0 spiro atoms. The van der Waals surface area contributed by atoms with Gasteiger partial charge in [-0.3, -0.25) is 9.59 Å². The third-order valence-corrected chi connectivity index (χ3v) is 2.43. The van der Waals surface area contributed by atoms with Crippen LogP contribution < -0.4 is 11.1 Å². The van der Waals surface area contributed by atoms with E-state index in [1.165, 1.54) is 4.90 Å². The van der Waals surface area contributed by atoms with E-state index in [2.05, 4.69) is 10.5 Å². The average molecular weight is 254 g/mol. The van der Waals surface area contributed by atoms with Crippen molar-refractivity contribution >= 4 is 17.6 Å². The van der Waals surface area contributed by atoms with E-state index in [0.29, 0.717) is 11.6 Å². The van der Waals surface area contributed by atoms with E-state index in [9.17, 15) is 9.59 Å². The molecule has 100 valence electrons. The molecule has 0 aliphatic carbocycles. The molecule has 1 aromatic rings. The van der Waals surface area contributed by atoms with E-state index in [0.717, 1.165) is 0 Å². The van der Waals surface area contributed by atoms with Gasteiger partial charge in [-0.2, -0.15) is 0 Å². The lowest BCUT2D eigenvalue weighted by Gasteiger charge is -2.19. The number of hydrogen-bond donors (Lipinski definition) is 2. The highest BCUT2D eigenvalue weighted by Gasteiger charge is 2.18. The molecule has 1 atom stereocenters. The highest BCUT2D eigenvalue weighted by Crippen LogP contribution is 2.07. The average Bonchev–Trinajstić information content (AvgIpc) is 2.72. The topological polar surface area (TPSA) is 101 Å². The monoisotopic (exact) mass is 254 g/mol. The molecule has 0 radical (unpaired) electrons. The molecule has 0 aliphatic heterocycles. The van der Waals surface area contributed by atoms with E-state index in [1.54, 1.807) is 27.0 Å². The Bertz CT molecular complexity index is 430. The van der Waals surface area contributed by atoms with Crippen molar-refractivity contribution in [2.24, 2.45) is 11.7 Å². The van der Waals surface area contributed by atoms with Crippen LogP contribution in [0.25, 0.3) is 0 Å². The van der Waals surface area contributed by atoms with Crippen LogP contribution in [0.15, 0.2) is 10.6 Å². The molecule has 0 bridgehead atoms. The zero-order valence-corrected chi connectivity index (χ0v) is 10.8. The number of anilines is 1. The second-order valence-corrected chi connectivity index (χ2v) is 4.20. The number of nitrogens with one attached hydrogen (secondary N) is 1. The van der Waals surface area contributed by atoms with Crippen LogP contribution in [-0.2, 0) is 9.59 Å². The molecular formula is C11H18N4O3. The highest BCUT2D eigenvalue weighted by atomic mass is 16.5. The maximum atomic E-state index is 11.7. The Morgan fingerprint density at radius 2 is 2.28 bits per heavy atom. The second kappa shape index (κ2) is 6.15. The standard InChI is InChI=1S/C11H18N4O3/c1-7(5-12)11(17)15(3)6-10(16)13-9-4-8(2)18-14-9/h4,7H,5-6,12H2,1-3H3,(H,13,14,16). The smallest absolute Gasteiger partial charge is 0.245 e. The Kier molecular flexibility index (Phi) is 4.85. The van der Waals surface area contributed by atoms with Gasteiger partial charge in [-0.1, -0.05) is 12.1 Å². The van der Waals surface area contributed by atoms with Crippen LogP contribution in [0, 0.1) is 12.8 Å². The quantitative estimate of drug-likeness (QED) is 0.768. The third-order valence-electron chi connectivity index (χ3n) is 2.43. The van der Waals surface area contributed by atoms with Gasteiger partial charge in [0.05, 0.1) is 6.54 Å². The van der Waals surface area contributed by atoms with Crippen LogP contribution in [0.2, 0.25) is 0 Å². The fourth-order valence-corrected chi connectivity index (χ4v) is 1.38. The van der Waals surface area contributed by atoms with Gasteiger partial charge in [-0.15, -0.1) is 0 Å². The molecule has 3 N–H and O–H groups in total. The van der Waals surface area contributed by atoms with Gasteiger partial charge in [0.2, 0.25) is 11.8 Å². The van der Waals surface area contributed by atoms with Gasteiger partial charge in [0.1, 0.15) is 5.76 Å². The molecule has 1 rings (SSSR count). The SMILES string of the molecule is Cc1cc(NC(=O)CN(C)C(=O)C(C)CN)no1. The van der Waals surface area contributed by atoms with Crippen LogP contribution in [0.1, 0.15) is 12.7 Å². The molecule has 0 aliphatic rings. The predicted molar refractivity (Wildman–Crippen MR) is 65.7 cm³/mol. The number of aryl methyl sites for hydroxylation is 1. The molecule has 0 aromatic carbocycles. The Hall–Kier alpha value is -1.89. The van der Waals surface area contributed by atoms with Crippen LogP contribution in [0.3, 0.4) is 0 Å². The van der Waals surface area contributed by atoms with E-state index in [4.69, 9.17) is 10.3 Å². The van der Waals surface area contributed by atoms with Crippen molar-refractivity contribution in [1.82, 2.24) is 10.1 Å². The number of carbonyl (C=O) groups excluding carboxylic acids is 2. The van der Waals surface area contributed by atoms with Crippen molar-refractivity contribution in [3.8, 4) is 0 Å². The highest BCUT2D eigenvalue weighted by molar-refractivity contribution is 5.94. The Labute approximate surface area is 105 Å². The minimum atomic E-state index is -0.330. The van der Waals surface area contributed by atoms with Crippen LogP contribution in [-0.4, -0.2) is 42.0 Å². The fraction of sp³-hybridized carbons (Fsp3) is 0.545. The van der Waals surface area contributed by atoms with Gasteiger partial charge in [-0.05, 0) is 6.92 Å². The summed E-state index contributed by atoms with van der Waals surface area (Å²) in [5.41, 5.74) is 5.40. The summed E-state index contributed by atoms with van der Waals surface area (Å²) in [6.07, 6.45) is 0. The summed E-state index contributed by atoms with van der Waals surface area (Å²) in [5, 5.41) is 6.17. The molecule has 18 heavy (non-hydrogen) atoms. The number of hydrogen-bond acceptors (Lipinski definition) is 5. The molecule has 7 nitrogen and oxygen atoms in total. The maximum Gasteiger partial charge on any atom is 0.245 e. The molecule has 1 heterocycles. The summed E-state index contributed by atoms with van der Waals surface area (Å²) in [6, 6.07) is 1.60. The first kappa shape index (κ1) is 14.2. The normalized spacial score (nSPS) is 12.0. The molecule has 0 fully saturated rings. The number of aromatic nitrogens is 1. The first-order valence-electron chi connectivity index (χ1n) is 5.62. The molecule has 1 aromatic heterocycles. The van der Waals surface area contributed by atoms with Crippen molar-refractivity contribution < 1.29 is 14.1 Å². The van der Waals surface area contributed by atoms with Gasteiger partial charge in [0.15, 0.2) is 5.82 Å². The van der Waals surface area contributed by atoms with E-state index >= 15 is 0 Å². The number of rotatable bonds is 5. The van der Waals surface area contributed by atoms with E-state index < -0.39 is 0 Å². The molecule has 7 heteroatoms. The van der Waals surface area contributed by atoms with Crippen molar-refractivity contribution in [1.29, 1.82) is 0 Å². The van der Waals surface area contributed by atoms with Crippen LogP contribution in [0.4, 0.5) is 5.82 Å². The minimum absolute atomic E-state index is 0.0465. The van der Waals surface area contributed by atoms with Gasteiger partial charge in [0, 0.05) is 25.6 Å². The summed E-state index contributed by atoms with van der Waals surface area (Å²) in [7, 11) is 1.56. The number of nitrogens with zero attached hydrogens (tertiary/aromatic N) is 2. The molecule has 2 amide bonds. The summed E-state index contributed by atoms with van der Waals surface area (Å²) < 4.78 is 4.81. The minimum Gasteiger partial charge on any atom is -0.360 e. The molecular weight excluding hydrogens is 236 g/mol. The van der Waals surface area contributed by atoms with Crippen molar-refractivity contribution in [3.05, 3.63) is 11.8 Å².